The summed E-state index contributed by atoms with van der Waals surface area (Å²) in [7, 11) is -3.59. The third kappa shape index (κ3) is 7.24. The largest absolute Gasteiger partial charge is 0.508 e. The van der Waals surface area contributed by atoms with Gasteiger partial charge in [-0.15, -0.1) is 0 Å². The highest BCUT2D eigenvalue weighted by Crippen LogP contribution is 2.37. The molecule has 0 saturated carbocycles. The van der Waals surface area contributed by atoms with E-state index < -0.39 is 51.7 Å². The third-order valence-corrected chi connectivity index (χ3v) is 8.03. The highest BCUT2D eigenvalue weighted by Gasteiger charge is 2.41. The molecule has 1 aliphatic heterocycles. The number of nitrogens with zero attached hydrogens (tertiary/aromatic N) is 1. The molecule has 10 nitrogen and oxygen atoms in total. The molecule has 1 heterocycles. The van der Waals surface area contributed by atoms with Crippen molar-refractivity contribution in [3.8, 4) is 5.75 Å². The van der Waals surface area contributed by atoms with E-state index in [1.54, 1.807) is 24.3 Å². The van der Waals surface area contributed by atoms with Gasteiger partial charge in [0.2, 0.25) is 21.8 Å². The van der Waals surface area contributed by atoms with Gasteiger partial charge in [-0.3, -0.25) is 9.59 Å². The van der Waals surface area contributed by atoms with Gasteiger partial charge in [-0.25, -0.2) is 17.9 Å². The molecule has 200 valence electrons. The first kappa shape index (κ1) is 28.5. The molecule has 0 radical (unpaired) electrons. The summed E-state index contributed by atoms with van der Waals surface area (Å²) in [4.78, 5) is 38.8. The first-order chi connectivity index (χ1) is 17.5. The van der Waals surface area contributed by atoms with Crippen LogP contribution in [0.3, 0.4) is 0 Å². The van der Waals surface area contributed by atoms with Crippen molar-refractivity contribution >= 4 is 40.4 Å². The van der Waals surface area contributed by atoms with Crippen LogP contribution in [0.2, 0.25) is 0 Å². The van der Waals surface area contributed by atoms with Crippen LogP contribution in [-0.2, 0) is 30.8 Å². The number of phenolic OH excluding ortho intramolecular Hbond substituents is 1. The minimum Gasteiger partial charge on any atom is -0.508 e. The lowest BCUT2D eigenvalue weighted by Crippen LogP contribution is -2.47. The summed E-state index contributed by atoms with van der Waals surface area (Å²) in [5, 5.41) is 21.1. The second-order valence-corrected chi connectivity index (χ2v) is 11.2. The number of phenols is 1. The number of thiol groups is 1. The van der Waals surface area contributed by atoms with Crippen LogP contribution in [0.5, 0.6) is 5.75 Å². The lowest BCUT2D eigenvalue weighted by molar-refractivity contribution is -0.149. The van der Waals surface area contributed by atoms with Crippen LogP contribution in [0.4, 0.5) is 0 Å². The molecular formula is C25H31N3O7S2. The Labute approximate surface area is 221 Å². The lowest BCUT2D eigenvalue weighted by Gasteiger charge is -2.29. The van der Waals surface area contributed by atoms with Crippen LogP contribution in [0.15, 0.2) is 53.4 Å². The molecule has 2 unspecified atom stereocenters. The van der Waals surface area contributed by atoms with Crippen molar-refractivity contribution in [3.05, 3.63) is 59.7 Å². The molecule has 3 atom stereocenters. The highest BCUT2D eigenvalue weighted by atomic mass is 32.2. The van der Waals surface area contributed by atoms with Gasteiger partial charge in [-0.05, 0) is 61.1 Å². The summed E-state index contributed by atoms with van der Waals surface area (Å²) in [6.07, 6.45) is 1.53. The summed E-state index contributed by atoms with van der Waals surface area (Å²) >= 11 is 4.32. The number of carboxylic acids is 1. The van der Waals surface area contributed by atoms with E-state index in [2.05, 4.69) is 22.7 Å². The molecule has 0 aliphatic carbocycles. The van der Waals surface area contributed by atoms with Crippen molar-refractivity contribution in [1.29, 1.82) is 0 Å². The van der Waals surface area contributed by atoms with Crippen LogP contribution in [-0.4, -0.2) is 65.7 Å². The predicted molar refractivity (Wildman–Crippen MR) is 140 cm³/mol. The number of aliphatic carboxylic acids is 1. The number of aromatic hydroxyl groups is 1. The number of carbonyl (C=O) groups excluding carboxylic acids is 2. The molecule has 1 saturated heterocycles. The average Bonchev–Trinajstić information content (AvgIpc) is 3.32. The Balaban J connectivity index is 1.61. The van der Waals surface area contributed by atoms with E-state index in [9.17, 15) is 33.0 Å². The number of rotatable bonds is 11. The molecule has 3 rings (SSSR count). The number of hydrogen-bond acceptors (Lipinski definition) is 7. The number of likely N-dealkylation sites (tertiary alicyclic amines) is 1. The van der Waals surface area contributed by atoms with Crippen molar-refractivity contribution in [2.24, 2.45) is 0 Å². The molecule has 0 aromatic heterocycles. The SMILES string of the molecule is CCCNS(=O)(=O)c1ccc(CC(S)C(=O)NCC(=O)N2C(c3cccc(O)c3)CC[C@H]2C(=O)O)cc1. The van der Waals surface area contributed by atoms with Crippen LogP contribution < -0.4 is 10.0 Å². The molecule has 37 heavy (non-hydrogen) atoms. The standard InChI is InChI=1S/C25H31N3O7S2/c1-2-12-27-37(34,35)19-8-6-16(7-9-19)13-22(36)24(31)26-15-23(30)28-20(10-11-21(28)25(32)33)17-4-3-5-18(29)14-17/h3-9,14,20-22,27,29,36H,2,10-13,15H2,1H3,(H,26,31)(H,32,33)/t20?,21-,22?/m0/s1. The smallest absolute Gasteiger partial charge is 0.326 e. The maximum Gasteiger partial charge on any atom is 0.326 e. The fourth-order valence-electron chi connectivity index (χ4n) is 4.27. The van der Waals surface area contributed by atoms with Gasteiger partial charge < -0.3 is 20.4 Å². The zero-order valence-electron chi connectivity index (χ0n) is 20.3. The normalized spacial score (nSPS) is 18.4. The van der Waals surface area contributed by atoms with Gasteiger partial charge in [-0.1, -0.05) is 31.2 Å². The van der Waals surface area contributed by atoms with Gasteiger partial charge in [0.25, 0.3) is 0 Å². The number of benzene rings is 2. The van der Waals surface area contributed by atoms with Crippen molar-refractivity contribution in [1.82, 2.24) is 14.9 Å². The molecule has 1 fully saturated rings. The third-order valence-electron chi connectivity index (χ3n) is 6.13. The molecule has 2 aromatic rings. The Kier molecular flexibility index (Phi) is 9.57. The minimum atomic E-state index is -3.59. The monoisotopic (exact) mass is 549 g/mol. The molecule has 4 N–H and O–H groups in total. The maximum atomic E-state index is 13.0. The molecule has 2 amide bonds. The van der Waals surface area contributed by atoms with Gasteiger partial charge in [0.1, 0.15) is 11.8 Å². The molecule has 0 bridgehead atoms. The molecule has 1 aliphatic rings. The number of carboxylic acid groups (broad SMARTS) is 1. The summed E-state index contributed by atoms with van der Waals surface area (Å²) in [6, 6.07) is 10.9. The van der Waals surface area contributed by atoms with Crippen LogP contribution in [0, 0.1) is 0 Å². The van der Waals surface area contributed by atoms with Crippen LogP contribution in [0.1, 0.15) is 43.4 Å². The van der Waals surface area contributed by atoms with Gasteiger partial charge in [0.05, 0.1) is 22.7 Å². The van der Waals surface area contributed by atoms with Crippen LogP contribution >= 0.6 is 12.6 Å². The Hall–Kier alpha value is -3.09. The van der Waals surface area contributed by atoms with Crippen LogP contribution in [0.25, 0.3) is 0 Å². The van der Waals surface area contributed by atoms with Gasteiger partial charge in [-0.2, -0.15) is 12.6 Å². The zero-order chi connectivity index (χ0) is 27.2. The fraction of sp³-hybridized carbons (Fsp3) is 0.400. The van der Waals surface area contributed by atoms with E-state index in [0.717, 1.165) is 0 Å². The average molecular weight is 550 g/mol. The van der Waals surface area contributed by atoms with Crippen molar-refractivity contribution in [2.75, 3.05) is 13.1 Å². The quantitative estimate of drug-likeness (QED) is 0.268. The Morgan fingerprint density at radius 3 is 2.46 bits per heavy atom. The first-order valence-corrected chi connectivity index (χ1v) is 13.9. The van der Waals surface area contributed by atoms with E-state index in [4.69, 9.17) is 0 Å². The Bertz CT molecular complexity index is 1240. The maximum absolute atomic E-state index is 13.0. The van der Waals surface area contributed by atoms with Crippen molar-refractivity contribution in [3.63, 3.8) is 0 Å². The lowest BCUT2D eigenvalue weighted by atomic mass is 10.0. The van der Waals surface area contributed by atoms with E-state index >= 15 is 0 Å². The second kappa shape index (κ2) is 12.4. The molecule has 0 spiro atoms. The number of amides is 2. The Morgan fingerprint density at radius 2 is 1.84 bits per heavy atom. The predicted octanol–water partition coefficient (Wildman–Crippen LogP) is 1.85. The Morgan fingerprint density at radius 1 is 1.14 bits per heavy atom. The number of carbonyl (C=O) groups is 3. The summed E-state index contributed by atoms with van der Waals surface area (Å²) in [5.74, 6) is -2.19. The summed E-state index contributed by atoms with van der Waals surface area (Å²) < 4.78 is 26.9. The van der Waals surface area contributed by atoms with E-state index in [-0.39, 0.29) is 23.5 Å². The topological polar surface area (TPSA) is 153 Å². The van der Waals surface area contributed by atoms with Gasteiger partial charge in [0, 0.05) is 6.54 Å². The van der Waals surface area contributed by atoms with E-state index in [1.165, 1.54) is 29.2 Å². The van der Waals surface area contributed by atoms with Crippen molar-refractivity contribution in [2.45, 2.75) is 54.8 Å². The second-order valence-electron chi connectivity index (χ2n) is 8.82. The minimum absolute atomic E-state index is 0.0118. The molecule has 2 aromatic carbocycles. The number of hydrogen-bond donors (Lipinski definition) is 5. The zero-order valence-corrected chi connectivity index (χ0v) is 22.0. The molecular weight excluding hydrogens is 518 g/mol. The number of nitrogens with one attached hydrogen (secondary N) is 2. The molecule has 12 heteroatoms. The van der Waals surface area contributed by atoms with Crippen molar-refractivity contribution < 1.29 is 33.0 Å². The number of sulfonamides is 1. The summed E-state index contributed by atoms with van der Waals surface area (Å²) in [6.45, 7) is 1.79. The van der Waals surface area contributed by atoms with E-state index in [0.29, 0.717) is 30.5 Å². The first-order valence-electron chi connectivity index (χ1n) is 11.9. The summed E-state index contributed by atoms with van der Waals surface area (Å²) in [5.41, 5.74) is 1.30. The fourth-order valence-corrected chi connectivity index (χ4v) is 5.71. The van der Waals surface area contributed by atoms with Gasteiger partial charge in [0.15, 0.2) is 0 Å². The van der Waals surface area contributed by atoms with Gasteiger partial charge >= 0.3 is 5.97 Å². The van der Waals surface area contributed by atoms with E-state index in [1.807, 2.05) is 6.92 Å². The highest BCUT2D eigenvalue weighted by molar-refractivity contribution is 7.89.